The van der Waals surface area contributed by atoms with E-state index in [1.165, 1.54) is 37.3 Å². The molecule has 1 aromatic heterocycles. The summed E-state index contributed by atoms with van der Waals surface area (Å²) in [5, 5.41) is 1.65. The van der Waals surface area contributed by atoms with E-state index in [2.05, 4.69) is 0 Å². The smallest absolute Gasteiger partial charge is 0.308 e. The van der Waals surface area contributed by atoms with Crippen LogP contribution in [0.25, 0.3) is 0 Å². The number of sulfonamides is 1. The van der Waals surface area contributed by atoms with Crippen LogP contribution < -0.4 is 9.64 Å². The molecule has 10 heteroatoms. The molecule has 160 valence electrons. The van der Waals surface area contributed by atoms with Crippen molar-refractivity contribution < 1.29 is 27.5 Å². The van der Waals surface area contributed by atoms with Gasteiger partial charge >= 0.3 is 5.97 Å². The Kier molecular flexibility index (Phi) is 6.39. The summed E-state index contributed by atoms with van der Waals surface area (Å²) in [4.78, 5) is 37.9. The van der Waals surface area contributed by atoms with Crippen LogP contribution in [-0.2, 0) is 24.4 Å². The first-order valence-corrected chi connectivity index (χ1v) is 11.7. The van der Waals surface area contributed by atoms with Gasteiger partial charge in [0.1, 0.15) is 16.0 Å². The summed E-state index contributed by atoms with van der Waals surface area (Å²) in [6, 6.07) is 7.44. The highest BCUT2D eigenvalue weighted by atomic mass is 32.2. The van der Waals surface area contributed by atoms with E-state index < -0.39 is 39.9 Å². The predicted octanol–water partition coefficient (Wildman–Crippen LogP) is 2.79. The van der Waals surface area contributed by atoms with Crippen molar-refractivity contribution in [1.29, 1.82) is 0 Å². The second-order valence-electron chi connectivity index (χ2n) is 6.90. The Balaban J connectivity index is 1.94. The van der Waals surface area contributed by atoms with Crippen molar-refractivity contribution in [3.05, 3.63) is 41.8 Å². The van der Waals surface area contributed by atoms with Crippen molar-refractivity contribution in [2.75, 3.05) is 4.90 Å². The second kappa shape index (κ2) is 8.66. The standard InChI is InChI=1S/C20H22N2O6S2/c1-4-13(2)22(30(26,27)19-6-5-11-29-19)17-12-18(24)21(20(17)25)15-7-9-16(10-8-15)28-14(3)23/h5-11,13,17H,4,12H2,1-3H3. The molecule has 2 unspecified atom stereocenters. The third-order valence-electron chi connectivity index (χ3n) is 4.84. The lowest BCUT2D eigenvalue weighted by Gasteiger charge is -2.31. The fraction of sp³-hybridized carbons (Fsp3) is 0.350. The topological polar surface area (TPSA) is 101 Å². The summed E-state index contributed by atoms with van der Waals surface area (Å²) in [6.07, 6.45) is 0.249. The van der Waals surface area contributed by atoms with Crippen molar-refractivity contribution in [3.63, 3.8) is 0 Å². The maximum absolute atomic E-state index is 13.2. The number of anilines is 1. The second-order valence-corrected chi connectivity index (χ2v) is 9.92. The zero-order valence-electron chi connectivity index (χ0n) is 16.8. The SMILES string of the molecule is CCC(C)N(C1CC(=O)N(c2ccc(OC(C)=O)cc2)C1=O)S(=O)(=O)c1cccs1. The number of carbonyl (C=O) groups is 3. The number of amides is 2. The van der Waals surface area contributed by atoms with Crippen molar-refractivity contribution in [1.82, 2.24) is 4.31 Å². The zero-order chi connectivity index (χ0) is 22.1. The van der Waals surface area contributed by atoms with Gasteiger partial charge in [0.2, 0.25) is 5.91 Å². The normalized spacial score (nSPS) is 18.1. The van der Waals surface area contributed by atoms with E-state index in [0.717, 1.165) is 20.5 Å². The first-order chi connectivity index (χ1) is 14.2. The minimum Gasteiger partial charge on any atom is -0.427 e. The van der Waals surface area contributed by atoms with Gasteiger partial charge in [-0.15, -0.1) is 11.3 Å². The van der Waals surface area contributed by atoms with E-state index in [1.54, 1.807) is 18.4 Å². The first-order valence-electron chi connectivity index (χ1n) is 9.39. The molecule has 30 heavy (non-hydrogen) atoms. The maximum atomic E-state index is 13.2. The summed E-state index contributed by atoms with van der Waals surface area (Å²) in [5.74, 6) is -1.29. The quantitative estimate of drug-likeness (QED) is 0.365. The van der Waals surface area contributed by atoms with Crippen LogP contribution in [-0.4, -0.2) is 42.6 Å². The van der Waals surface area contributed by atoms with Gasteiger partial charge in [0.25, 0.3) is 15.9 Å². The molecule has 0 bridgehead atoms. The van der Waals surface area contributed by atoms with Gasteiger partial charge in [-0.3, -0.25) is 14.4 Å². The average molecular weight is 451 g/mol. The van der Waals surface area contributed by atoms with Gasteiger partial charge in [-0.2, -0.15) is 4.31 Å². The van der Waals surface area contributed by atoms with Crippen LogP contribution in [0.1, 0.15) is 33.6 Å². The zero-order valence-corrected chi connectivity index (χ0v) is 18.4. The Bertz CT molecular complexity index is 1050. The van der Waals surface area contributed by atoms with Gasteiger partial charge in [0.15, 0.2) is 0 Å². The highest BCUT2D eigenvalue weighted by Gasteiger charge is 2.48. The van der Waals surface area contributed by atoms with Gasteiger partial charge < -0.3 is 4.74 Å². The average Bonchev–Trinajstić information content (AvgIpc) is 3.32. The molecule has 0 N–H and O–H groups in total. The van der Waals surface area contributed by atoms with Gasteiger partial charge in [-0.25, -0.2) is 13.3 Å². The Morgan fingerprint density at radius 2 is 1.93 bits per heavy atom. The maximum Gasteiger partial charge on any atom is 0.308 e. The number of carbonyl (C=O) groups excluding carboxylic acids is 3. The van der Waals surface area contributed by atoms with E-state index in [4.69, 9.17) is 4.74 Å². The molecule has 0 spiro atoms. The molecular weight excluding hydrogens is 428 g/mol. The fourth-order valence-electron chi connectivity index (χ4n) is 3.32. The number of hydrogen-bond donors (Lipinski definition) is 0. The van der Waals surface area contributed by atoms with Crippen LogP contribution in [0.15, 0.2) is 46.0 Å². The van der Waals surface area contributed by atoms with E-state index in [0.29, 0.717) is 12.1 Å². The van der Waals surface area contributed by atoms with Gasteiger partial charge in [0, 0.05) is 13.0 Å². The van der Waals surface area contributed by atoms with Crippen LogP contribution in [0, 0.1) is 0 Å². The van der Waals surface area contributed by atoms with Crippen molar-refractivity contribution in [2.45, 2.75) is 49.9 Å². The molecule has 2 aromatic rings. The largest absolute Gasteiger partial charge is 0.427 e. The molecule has 2 heterocycles. The Morgan fingerprint density at radius 3 is 2.47 bits per heavy atom. The van der Waals surface area contributed by atoms with Gasteiger partial charge in [-0.1, -0.05) is 13.0 Å². The first kappa shape index (κ1) is 22.1. The number of imide groups is 1. The Morgan fingerprint density at radius 1 is 1.27 bits per heavy atom. The third kappa shape index (κ3) is 4.16. The van der Waals surface area contributed by atoms with Crippen LogP contribution in [0.3, 0.4) is 0 Å². The number of thiophene rings is 1. The van der Waals surface area contributed by atoms with Crippen molar-refractivity contribution in [3.8, 4) is 5.75 Å². The highest BCUT2D eigenvalue weighted by Crippen LogP contribution is 2.33. The Labute approximate surface area is 179 Å². The predicted molar refractivity (Wildman–Crippen MR) is 112 cm³/mol. The van der Waals surface area contributed by atoms with Crippen molar-refractivity contribution in [2.24, 2.45) is 0 Å². The molecule has 0 radical (unpaired) electrons. The summed E-state index contributed by atoms with van der Waals surface area (Å²) in [6.45, 7) is 4.82. The molecule has 2 atom stereocenters. The number of hydrogen-bond acceptors (Lipinski definition) is 7. The summed E-state index contributed by atoms with van der Waals surface area (Å²) in [5.41, 5.74) is 0.293. The lowest BCUT2D eigenvalue weighted by Crippen LogP contribution is -2.49. The molecule has 1 aliphatic rings. The van der Waals surface area contributed by atoms with Crippen LogP contribution >= 0.6 is 11.3 Å². The number of ether oxygens (including phenoxy) is 1. The number of nitrogens with zero attached hydrogens (tertiary/aromatic N) is 2. The summed E-state index contributed by atoms with van der Waals surface area (Å²) in [7, 11) is -3.94. The molecule has 1 aromatic carbocycles. The number of benzene rings is 1. The molecule has 1 saturated heterocycles. The monoisotopic (exact) mass is 450 g/mol. The molecule has 1 fully saturated rings. The third-order valence-corrected chi connectivity index (χ3v) is 8.23. The fourth-order valence-corrected chi connectivity index (χ4v) is 6.26. The Hall–Kier alpha value is -2.56. The molecule has 0 aliphatic carbocycles. The summed E-state index contributed by atoms with van der Waals surface area (Å²) >= 11 is 1.07. The van der Waals surface area contributed by atoms with Crippen LogP contribution in [0.4, 0.5) is 5.69 Å². The molecular formula is C20H22N2O6S2. The highest BCUT2D eigenvalue weighted by molar-refractivity contribution is 7.91. The van der Waals surface area contributed by atoms with Crippen LogP contribution in [0.2, 0.25) is 0 Å². The van der Waals surface area contributed by atoms with E-state index in [9.17, 15) is 22.8 Å². The molecule has 3 rings (SSSR count). The molecule has 0 saturated carbocycles. The van der Waals surface area contributed by atoms with E-state index in [1.807, 2.05) is 6.92 Å². The van der Waals surface area contributed by atoms with E-state index in [-0.39, 0.29) is 16.4 Å². The molecule has 2 amide bonds. The molecule has 1 aliphatic heterocycles. The number of rotatable bonds is 7. The lowest BCUT2D eigenvalue weighted by molar-refractivity contribution is -0.132. The molecule has 8 nitrogen and oxygen atoms in total. The van der Waals surface area contributed by atoms with Crippen molar-refractivity contribution >= 4 is 44.8 Å². The van der Waals surface area contributed by atoms with E-state index >= 15 is 0 Å². The van der Waals surface area contributed by atoms with Crippen LogP contribution in [0.5, 0.6) is 5.75 Å². The summed E-state index contributed by atoms with van der Waals surface area (Å²) < 4.78 is 32.7. The number of esters is 1. The van der Waals surface area contributed by atoms with Gasteiger partial charge in [0.05, 0.1) is 12.1 Å². The minimum atomic E-state index is -3.94. The minimum absolute atomic E-state index is 0.132. The van der Waals surface area contributed by atoms with Gasteiger partial charge in [-0.05, 0) is 49.1 Å². The lowest BCUT2D eigenvalue weighted by atomic mass is 10.2.